The summed E-state index contributed by atoms with van der Waals surface area (Å²) in [6.45, 7) is 0. The Hall–Kier alpha value is -1.62. The third-order valence-electron chi connectivity index (χ3n) is 4.99. The van der Waals surface area contributed by atoms with Gasteiger partial charge in [-0.3, -0.25) is 0 Å². The van der Waals surface area contributed by atoms with Gasteiger partial charge in [-0.25, -0.2) is 0 Å². The van der Waals surface area contributed by atoms with Crippen LogP contribution >= 0.6 is 18.9 Å². The van der Waals surface area contributed by atoms with E-state index in [4.69, 9.17) is 11.6 Å². The standard InChI is InChI=1S/C23H26ClP/c24-19-11-4-12-20-25(21-13-5-1-6-14-21,22-15-7-2-8-16-22)23-17-9-3-10-18-23/h1-3,5-10,13-18,25H,4,11-12,19-20H2. The molecule has 25 heavy (non-hydrogen) atoms. The van der Waals surface area contributed by atoms with Gasteiger partial charge in [-0.05, 0) is 0 Å². The summed E-state index contributed by atoms with van der Waals surface area (Å²) in [5, 5.41) is 4.50. The number of rotatable bonds is 8. The van der Waals surface area contributed by atoms with Crippen LogP contribution in [0.4, 0.5) is 0 Å². The van der Waals surface area contributed by atoms with Gasteiger partial charge in [0.05, 0.1) is 0 Å². The number of benzene rings is 3. The van der Waals surface area contributed by atoms with Crippen molar-refractivity contribution in [3.05, 3.63) is 91.0 Å². The van der Waals surface area contributed by atoms with Gasteiger partial charge in [0.25, 0.3) is 0 Å². The average Bonchev–Trinajstić information content (AvgIpc) is 2.70. The molecule has 0 bridgehead atoms. The number of hydrogen-bond donors (Lipinski definition) is 0. The first-order valence-electron chi connectivity index (χ1n) is 9.10. The van der Waals surface area contributed by atoms with Crippen molar-refractivity contribution in [1.82, 2.24) is 0 Å². The Morgan fingerprint density at radius 2 is 0.920 bits per heavy atom. The Balaban J connectivity index is 2.13. The molecule has 0 saturated heterocycles. The van der Waals surface area contributed by atoms with E-state index in [0.29, 0.717) is 0 Å². The van der Waals surface area contributed by atoms with Crippen molar-refractivity contribution in [1.29, 1.82) is 0 Å². The predicted molar refractivity (Wildman–Crippen MR) is 116 cm³/mol. The average molecular weight is 369 g/mol. The first-order valence-corrected chi connectivity index (χ1v) is 11.8. The van der Waals surface area contributed by atoms with Gasteiger partial charge in [-0.15, -0.1) is 0 Å². The summed E-state index contributed by atoms with van der Waals surface area (Å²) in [7, 11) is -2.02. The molecule has 0 aliphatic rings. The summed E-state index contributed by atoms with van der Waals surface area (Å²) in [6.07, 6.45) is 4.74. The molecule has 0 spiro atoms. The summed E-state index contributed by atoms with van der Waals surface area (Å²) in [4.78, 5) is 0. The first-order chi connectivity index (χ1) is 12.4. The molecule has 0 nitrogen and oxygen atoms in total. The summed E-state index contributed by atoms with van der Waals surface area (Å²) >= 11 is 5.91. The number of hydrogen-bond acceptors (Lipinski definition) is 0. The van der Waals surface area contributed by atoms with Crippen molar-refractivity contribution >= 4 is 34.8 Å². The van der Waals surface area contributed by atoms with E-state index in [-0.39, 0.29) is 0 Å². The summed E-state index contributed by atoms with van der Waals surface area (Å²) in [5.74, 6) is 0.760. The molecule has 3 rings (SSSR count). The fraction of sp³-hybridized carbons (Fsp3) is 0.217. The predicted octanol–water partition coefficient (Wildman–Crippen LogP) is 5.12. The Labute approximate surface area is 157 Å². The van der Waals surface area contributed by atoms with Crippen LogP contribution in [0.15, 0.2) is 91.0 Å². The van der Waals surface area contributed by atoms with Gasteiger partial charge >= 0.3 is 157 Å². The summed E-state index contributed by atoms with van der Waals surface area (Å²) in [6, 6.07) is 33.4. The molecule has 0 heterocycles. The van der Waals surface area contributed by atoms with Crippen molar-refractivity contribution < 1.29 is 0 Å². The second-order valence-corrected chi connectivity index (χ2v) is 10.9. The third kappa shape index (κ3) is 4.14. The molecule has 0 atom stereocenters. The van der Waals surface area contributed by atoms with Crippen LogP contribution in [0, 0.1) is 0 Å². The summed E-state index contributed by atoms with van der Waals surface area (Å²) < 4.78 is 0. The molecule has 2 heteroatoms. The zero-order chi connectivity index (χ0) is 17.4. The van der Waals surface area contributed by atoms with E-state index >= 15 is 0 Å². The van der Waals surface area contributed by atoms with E-state index in [9.17, 15) is 0 Å². The van der Waals surface area contributed by atoms with Gasteiger partial charge in [0.2, 0.25) is 0 Å². The Morgan fingerprint density at radius 3 is 1.28 bits per heavy atom. The van der Waals surface area contributed by atoms with Crippen LogP contribution in [-0.4, -0.2) is 12.0 Å². The molecule has 0 fully saturated rings. The van der Waals surface area contributed by atoms with Gasteiger partial charge in [0.1, 0.15) is 0 Å². The molecular weight excluding hydrogens is 343 g/mol. The zero-order valence-electron chi connectivity index (χ0n) is 14.6. The van der Waals surface area contributed by atoms with E-state index in [1.165, 1.54) is 34.9 Å². The second-order valence-electron chi connectivity index (χ2n) is 6.50. The van der Waals surface area contributed by atoms with E-state index < -0.39 is 7.26 Å². The molecule has 0 aliphatic carbocycles. The van der Waals surface area contributed by atoms with Crippen molar-refractivity contribution in [3.8, 4) is 0 Å². The number of halogens is 1. The summed E-state index contributed by atoms with van der Waals surface area (Å²) in [5.41, 5.74) is 0. The van der Waals surface area contributed by atoms with Crippen LogP contribution in [0.5, 0.6) is 0 Å². The molecular formula is C23H26ClP. The molecule has 3 aromatic rings. The third-order valence-corrected chi connectivity index (χ3v) is 10.3. The minimum atomic E-state index is -2.02. The first kappa shape index (κ1) is 18.2. The van der Waals surface area contributed by atoms with Crippen LogP contribution in [0.1, 0.15) is 19.3 Å². The number of unbranched alkanes of at least 4 members (excludes halogenated alkanes) is 2. The van der Waals surface area contributed by atoms with Gasteiger partial charge in [0, 0.05) is 0 Å². The minimum absolute atomic E-state index is 0.760. The monoisotopic (exact) mass is 368 g/mol. The quantitative estimate of drug-likeness (QED) is 0.294. The fourth-order valence-corrected chi connectivity index (χ4v) is 8.88. The van der Waals surface area contributed by atoms with E-state index in [1.54, 1.807) is 0 Å². The molecule has 0 aromatic heterocycles. The Bertz CT molecular complexity index is 644. The normalized spacial score (nSPS) is 12.0. The van der Waals surface area contributed by atoms with E-state index in [0.717, 1.165) is 12.3 Å². The second kappa shape index (κ2) is 9.18. The van der Waals surface area contributed by atoms with Crippen LogP contribution in [-0.2, 0) is 0 Å². The topological polar surface area (TPSA) is 0 Å². The van der Waals surface area contributed by atoms with Gasteiger partial charge < -0.3 is 0 Å². The molecule has 3 aromatic carbocycles. The Kier molecular flexibility index (Phi) is 6.68. The van der Waals surface area contributed by atoms with Gasteiger partial charge in [0.15, 0.2) is 0 Å². The maximum atomic E-state index is 5.91. The fourth-order valence-electron chi connectivity index (χ4n) is 3.76. The molecule has 0 amide bonds. The van der Waals surface area contributed by atoms with Crippen molar-refractivity contribution in [3.63, 3.8) is 0 Å². The van der Waals surface area contributed by atoms with Crippen LogP contribution in [0.2, 0.25) is 0 Å². The van der Waals surface area contributed by atoms with Gasteiger partial charge in [-0.2, -0.15) is 0 Å². The maximum absolute atomic E-state index is 5.91. The van der Waals surface area contributed by atoms with Gasteiger partial charge in [-0.1, -0.05) is 0 Å². The molecule has 0 unspecified atom stereocenters. The van der Waals surface area contributed by atoms with Crippen molar-refractivity contribution in [2.45, 2.75) is 19.3 Å². The Morgan fingerprint density at radius 1 is 0.520 bits per heavy atom. The van der Waals surface area contributed by atoms with Crippen LogP contribution in [0.3, 0.4) is 0 Å². The molecule has 0 N–H and O–H groups in total. The molecule has 0 aliphatic heterocycles. The van der Waals surface area contributed by atoms with Crippen LogP contribution < -0.4 is 15.9 Å². The molecule has 0 radical (unpaired) electrons. The van der Waals surface area contributed by atoms with E-state index in [2.05, 4.69) is 91.0 Å². The van der Waals surface area contributed by atoms with Crippen LogP contribution in [0.25, 0.3) is 0 Å². The van der Waals surface area contributed by atoms with Crippen molar-refractivity contribution in [2.24, 2.45) is 0 Å². The van der Waals surface area contributed by atoms with E-state index in [1.807, 2.05) is 0 Å². The van der Waals surface area contributed by atoms with Crippen molar-refractivity contribution in [2.75, 3.05) is 12.0 Å². The molecule has 130 valence electrons. The number of alkyl halides is 1. The zero-order valence-corrected chi connectivity index (χ0v) is 16.3. The molecule has 0 saturated carbocycles. The SMILES string of the molecule is ClCCCCC[PH](c1ccccc1)(c1ccccc1)c1ccccc1.